The molecule has 0 radical (unpaired) electrons. The van der Waals surface area contributed by atoms with Crippen LogP contribution in [0.4, 0.5) is 13.2 Å². The van der Waals surface area contributed by atoms with Crippen molar-refractivity contribution in [2.45, 2.75) is 19.2 Å². The van der Waals surface area contributed by atoms with Crippen LogP contribution in [0, 0.1) is 12.7 Å². The molecule has 0 fully saturated rings. The molecule has 0 spiro atoms. The van der Waals surface area contributed by atoms with E-state index in [-0.39, 0.29) is 17.1 Å². The van der Waals surface area contributed by atoms with Gasteiger partial charge in [0.2, 0.25) is 0 Å². The van der Waals surface area contributed by atoms with E-state index in [0.717, 1.165) is 6.07 Å². The van der Waals surface area contributed by atoms with Gasteiger partial charge in [-0.2, -0.15) is 0 Å². The number of nitrogens with zero attached hydrogens (tertiary/aromatic N) is 1. The fourth-order valence-electron chi connectivity index (χ4n) is 0.929. The molecule has 0 amide bonds. The molecule has 13 heavy (non-hydrogen) atoms. The van der Waals surface area contributed by atoms with Gasteiger partial charge < -0.3 is 0 Å². The smallest absolute Gasteiger partial charge is 0.250 e. The molecule has 5 heteroatoms. The topological polar surface area (TPSA) is 12.9 Å². The second kappa shape index (κ2) is 3.96. The highest BCUT2D eigenvalue weighted by Crippen LogP contribution is 2.23. The zero-order valence-electron chi connectivity index (χ0n) is 6.82. The van der Waals surface area contributed by atoms with Crippen LogP contribution in [-0.2, 0) is 5.88 Å². The molecule has 0 unspecified atom stereocenters. The number of halogens is 4. The minimum atomic E-state index is -2.77. The van der Waals surface area contributed by atoms with E-state index >= 15 is 0 Å². The van der Waals surface area contributed by atoms with Crippen LogP contribution in [0.3, 0.4) is 0 Å². The third-order valence-corrected chi connectivity index (χ3v) is 1.92. The summed E-state index contributed by atoms with van der Waals surface area (Å²) >= 11 is 5.35. The van der Waals surface area contributed by atoms with E-state index in [9.17, 15) is 13.2 Å². The van der Waals surface area contributed by atoms with Gasteiger partial charge in [0.15, 0.2) is 0 Å². The summed E-state index contributed by atoms with van der Waals surface area (Å²) in [5.74, 6) is -0.766. The van der Waals surface area contributed by atoms with Crippen molar-refractivity contribution in [3.63, 3.8) is 0 Å². The third kappa shape index (κ3) is 2.12. The predicted octanol–water partition coefficient (Wildman–Crippen LogP) is 3.21. The Labute approximate surface area is 78.5 Å². The highest BCUT2D eigenvalue weighted by Gasteiger charge is 2.16. The van der Waals surface area contributed by atoms with Gasteiger partial charge in [0.05, 0.1) is 11.6 Å². The van der Waals surface area contributed by atoms with Crippen molar-refractivity contribution < 1.29 is 13.2 Å². The number of hydrogen-bond donors (Lipinski definition) is 0. The van der Waals surface area contributed by atoms with Gasteiger partial charge in [-0.15, -0.1) is 11.6 Å². The van der Waals surface area contributed by atoms with Crippen molar-refractivity contribution >= 4 is 11.6 Å². The van der Waals surface area contributed by atoms with E-state index in [2.05, 4.69) is 4.98 Å². The van der Waals surface area contributed by atoms with Gasteiger partial charge in [0.1, 0.15) is 11.5 Å². The summed E-state index contributed by atoms with van der Waals surface area (Å²) in [6, 6.07) is 1.06. The van der Waals surface area contributed by atoms with Gasteiger partial charge in [0, 0.05) is 5.56 Å². The van der Waals surface area contributed by atoms with Gasteiger partial charge in [-0.3, -0.25) is 4.98 Å². The number of hydrogen-bond acceptors (Lipinski definition) is 1. The Balaban J connectivity index is 3.25. The molecule has 0 atom stereocenters. The molecule has 0 saturated carbocycles. The molecule has 0 saturated heterocycles. The van der Waals surface area contributed by atoms with Crippen molar-refractivity contribution in [3.8, 4) is 0 Å². The van der Waals surface area contributed by atoms with E-state index in [0.29, 0.717) is 0 Å². The molecule has 72 valence electrons. The number of aromatic nitrogens is 1. The maximum absolute atomic E-state index is 13.0. The van der Waals surface area contributed by atoms with Crippen LogP contribution in [0.2, 0.25) is 0 Å². The van der Waals surface area contributed by atoms with Crippen LogP contribution >= 0.6 is 11.6 Å². The lowest BCUT2D eigenvalue weighted by Crippen LogP contribution is -2.01. The lowest BCUT2D eigenvalue weighted by Gasteiger charge is -2.06. The van der Waals surface area contributed by atoms with Crippen LogP contribution < -0.4 is 0 Å². The minimum Gasteiger partial charge on any atom is -0.250 e. The monoisotopic (exact) mass is 209 g/mol. The molecule has 0 aliphatic carbocycles. The SMILES string of the molecule is Cc1c(F)cc(CCl)nc1C(F)F. The summed E-state index contributed by atoms with van der Waals surface area (Å²) in [6.45, 7) is 1.27. The molecule has 1 heterocycles. The average molecular weight is 210 g/mol. The fourth-order valence-corrected chi connectivity index (χ4v) is 1.07. The van der Waals surface area contributed by atoms with Crippen LogP contribution in [-0.4, -0.2) is 4.98 Å². The first-order chi connectivity index (χ1) is 6.06. The Morgan fingerprint density at radius 2 is 2.15 bits per heavy atom. The van der Waals surface area contributed by atoms with E-state index in [4.69, 9.17) is 11.6 Å². The summed E-state index contributed by atoms with van der Waals surface area (Å²) in [5.41, 5.74) is -0.528. The first-order valence-electron chi connectivity index (χ1n) is 3.56. The quantitative estimate of drug-likeness (QED) is 0.682. The lowest BCUT2D eigenvalue weighted by molar-refractivity contribution is 0.144. The summed E-state index contributed by atoms with van der Waals surface area (Å²) < 4.78 is 37.5. The van der Waals surface area contributed by atoms with Gasteiger partial charge in [0.25, 0.3) is 6.43 Å². The highest BCUT2D eigenvalue weighted by molar-refractivity contribution is 6.16. The van der Waals surface area contributed by atoms with Crippen molar-refractivity contribution in [1.29, 1.82) is 0 Å². The number of rotatable bonds is 2. The second-order valence-electron chi connectivity index (χ2n) is 2.54. The highest BCUT2D eigenvalue weighted by atomic mass is 35.5. The average Bonchev–Trinajstić information content (AvgIpc) is 2.09. The van der Waals surface area contributed by atoms with Crippen molar-refractivity contribution in [3.05, 3.63) is 28.8 Å². The molecular weight excluding hydrogens is 203 g/mol. The largest absolute Gasteiger partial charge is 0.280 e. The predicted molar refractivity (Wildman–Crippen MR) is 43.4 cm³/mol. The van der Waals surface area contributed by atoms with Crippen LogP contribution in [0.25, 0.3) is 0 Å². The first kappa shape index (κ1) is 10.3. The molecule has 0 aliphatic heterocycles. The fraction of sp³-hybridized carbons (Fsp3) is 0.375. The van der Waals surface area contributed by atoms with Gasteiger partial charge in [-0.1, -0.05) is 0 Å². The summed E-state index contributed by atoms with van der Waals surface area (Å²) in [7, 11) is 0. The molecule has 1 aromatic heterocycles. The third-order valence-electron chi connectivity index (χ3n) is 1.64. The molecule has 0 aromatic carbocycles. The maximum Gasteiger partial charge on any atom is 0.280 e. The van der Waals surface area contributed by atoms with Crippen molar-refractivity contribution in [1.82, 2.24) is 4.98 Å². The van der Waals surface area contributed by atoms with Crippen molar-refractivity contribution in [2.75, 3.05) is 0 Å². The lowest BCUT2D eigenvalue weighted by atomic mass is 10.2. The Bertz CT molecular complexity index is 315. The zero-order chi connectivity index (χ0) is 10.0. The molecule has 1 rings (SSSR count). The number of alkyl halides is 3. The molecule has 1 nitrogen and oxygen atoms in total. The van der Waals surface area contributed by atoms with E-state index in [1.807, 2.05) is 0 Å². The minimum absolute atomic E-state index is 0.0725. The van der Waals surface area contributed by atoms with Crippen LogP contribution in [0.1, 0.15) is 23.4 Å². The van der Waals surface area contributed by atoms with Gasteiger partial charge >= 0.3 is 0 Å². The van der Waals surface area contributed by atoms with Crippen LogP contribution in [0.15, 0.2) is 6.07 Å². The van der Waals surface area contributed by atoms with Gasteiger partial charge in [-0.05, 0) is 13.0 Å². The summed E-state index contributed by atoms with van der Waals surface area (Å²) in [5, 5.41) is 0. The molecule has 0 N–H and O–H groups in total. The van der Waals surface area contributed by atoms with E-state index in [1.165, 1.54) is 6.92 Å². The molecule has 1 aromatic rings. The Morgan fingerprint density at radius 3 is 2.62 bits per heavy atom. The zero-order valence-corrected chi connectivity index (χ0v) is 7.58. The Hall–Kier alpha value is -0.770. The Morgan fingerprint density at radius 1 is 1.54 bits per heavy atom. The first-order valence-corrected chi connectivity index (χ1v) is 4.09. The van der Waals surface area contributed by atoms with E-state index in [1.54, 1.807) is 0 Å². The summed E-state index contributed by atoms with van der Waals surface area (Å²) in [4.78, 5) is 3.53. The van der Waals surface area contributed by atoms with Crippen LogP contribution in [0.5, 0.6) is 0 Å². The molecule has 0 aliphatic rings. The maximum atomic E-state index is 13.0. The standard InChI is InChI=1S/C8H7ClF3N/c1-4-6(10)2-5(3-9)13-7(4)8(11)12/h2,8H,3H2,1H3. The summed E-state index contributed by atoms with van der Waals surface area (Å²) in [6.07, 6.45) is -2.77. The molecule has 0 bridgehead atoms. The Kier molecular flexibility index (Phi) is 3.14. The number of pyridine rings is 1. The van der Waals surface area contributed by atoms with Crippen molar-refractivity contribution in [2.24, 2.45) is 0 Å². The van der Waals surface area contributed by atoms with Gasteiger partial charge in [-0.25, -0.2) is 13.2 Å². The normalized spacial score (nSPS) is 10.9. The molecular formula is C8H7ClF3N. The van der Waals surface area contributed by atoms with E-state index < -0.39 is 17.9 Å². The second-order valence-corrected chi connectivity index (χ2v) is 2.81.